The molecule has 0 radical (unpaired) electrons. The summed E-state index contributed by atoms with van der Waals surface area (Å²) >= 11 is 0. The second-order valence-corrected chi connectivity index (χ2v) is 7.96. The van der Waals surface area contributed by atoms with Crippen LogP contribution >= 0.6 is 0 Å². The molecule has 0 saturated heterocycles. The zero-order valence-corrected chi connectivity index (χ0v) is 17.8. The first-order valence-corrected chi connectivity index (χ1v) is 11.1. The number of aryl methyl sites for hydroxylation is 1. The molecule has 3 nitrogen and oxygen atoms in total. The molecule has 0 aliphatic rings. The zero-order valence-electron chi connectivity index (χ0n) is 17.8. The summed E-state index contributed by atoms with van der Waals surface area (Å²) in [4.78, 5) is 0. The van der Waals surface area contributed by atoms with Crippen molar-refractivity contribution in [2.24, 2.45) is 5.73 Å². The van der Waals surface area contributed by atoms with Gasteiger partial charge in [-0.3, -0.25) is 0 Å². The number of benzene rings is 3. The Morgan fingerprint density at radius 2 is 1.10 bits per heavy atom. The van der Waals surface area contributed by atoms with Crippen LogP contribution in [0.3, 0.4) is 0 Å². The van der Waals surface area contributed by atoms with E-state index in [0.717, 1.165) is 38.8 Å². The van der Waals surface area contributed by atoms with Gasteiger partial charge in [0.1, 0.15) is 0 Å². The molecule has 3 rings (SSSR count). The lowest BCUT2D eigenvalue weighted by atomic mass is 10.0. The maximum absolute atomic E-state index is 6.06. The van der Waals surface area contributed by atoms with Crippen molar-refractivity contribution in [1.82, 2.24) is 10.6 Å². The van der Waals surface area contributed by atoms with Gasteiger partial charge in [0.2, 0.25) is 0 Å². The Kier molecular flexibility index (Phi) is 9.61. The van der Waals surface area contributed by atoms with Crippen LogP contribution in [0.4, 0.5) is 0 Å². The van der Waals surface area contributed by atoms with Crippen LogP contribution in [0.5, 0.6) is 0 Å². The molecule has 0 saturated carbocycles. The van der Waals surface area contributed by atoms with Crippen molar-refractivity contribution in [2.75, 3.05) is 19.6 Å². The van der Waals surface area contributed by atoms with Gasteiger partial charge in [0, 0.05) is 25.2 Å². The average molecular weight is 402 g/mol. The first-order valence-electron chi connectivity index (χ1n) is 11.1. The highest BCUT2D eigenvalue weighted by Gasteiger charge is 2.13. The molecule has 0 spiro atoms. The summed E-state index contributed by atoms with van der Waals surface area (Å²) in [6, 6.07) is 32.7. The van der Waals surface area contributed by atoms with Gasteiger partial charge in [-0.15, -0.1) is 0 Å². The molecular formula is C27H35N3. The lowest BCUT2D eigenvalue weighted by molar-refractivity contribution is 0.425. The van der Waals surface area contributed by atoms with E-state index in [0.29, 0.717) is 12.6 Å². The van der Waals surface area contributed by atoms with Crippen molar-refractivity contribution in [3.05, 3.63) is 108 Å². The standard InChI is InChI=1S/C27H35N3/c28-21-26(19-24-13-6-2-7-14-24)30-22-27(20-25-15-8-3-9-16-25)29-18-10-17-23-11-4-1-5-12-23/h1-9,11-16,26-27,29-30H,10,17-22,28H2/t26-,27-/m0/s1. The minimum Gasteiger partial charge on any atom is -0.329 e. The van der Waals surface area contributed by atoms with Crippen molar-refractivity contribution in [3.8, 4) is 0 Å². The molecule has 3 aromatic rings. The third-order valence-corrected chi connectivity index (χ3v) is 5.51. The van der Waals surface area contributed by atoms with Gasteiger partial charge in [0.25, 0.3) is 0 Å². The summed E-state index contributed by atoms with van der Waals surface area (Å²) in [5.41, 5.74) is 10.2. The van der Waals surface area contributed by atoms with E-state index in [2.05, 4.69) is 102 Å². The maximum atomic E-state index is 6.06. The lowest BCUT2D eigenvalue weighted by Crippen LogP contribution is -2.47. The van der Waals surface area contributed by atoms with Gasteiger partial charge in [-0.05, 0) is 48.9 Å². The Hall–Kier alpha value is -2.46. The van der Waals surface area contributed by atoms with Crippen LogP contribution < -0.4 is 16.4 Å². The van der Waals surface area contributed by atoms with Crippen LogP contribution in [0.1, 0.15) is 23.1 Å². The van der Waals surface area contributed by atoms with E-state index >= 15 is 0 Å². The van der Waals surface area contributed by atoms with E-state index in [1.54, 1.807) is 0 Å². The van der Waals surface area contributed by atoms with E-state index in [1.165, 1.54) is 16.7 Å². The molecule has 0 bridgehead atoms. The molecule has 2 atom stereocenters. The molecule has 0 amide bonds. The predicted octanol–water partition coefficient (Wildman–Crippen LogP) is 3.98. The van der Waals surface area contributed by atoms with Crippen molar-refractivity contribution >= 4 is 0 Å². The quantitative estimate of drug-likeness (QED) is 0.380. The van der Waals surface area contributed by atoms with Crippen molar-refractivity contribution < 1.29 is 0 Å². The van der Waals surface area contributed by atoms with Crippen LogP contribution in [0.15, 0.2) is 91.0 Å². The monoisotopic (exact) mass is 401 g/mol. The normalized spacial score (nSPS) is 13.1. The van der Waals surface area contributed by atoms with Crippen molar-refractivity contribution in [3.63, 3.8) is 0 Å². The van der Waals surface area contributed by atoms with Gasteiger partial charge in [0.15, 0.2) is 0 Å². The molecule has 3 aromatic carbocycles. The Bertz CT molecular complexity index is 805. The van der Waals surface area contributed by atoms with E-state index in [-0.39, 0.29) is 6.04 Å². The van der Waals surface area contributed by atoms with Crippen LogP contribution in [0.2, 0.25) is 0 Å². The van der Waals surface area contributed by atoms with Gasteiger partial charge in [-0.25, -0.2) is 0 Å². The molecule has 0 fully saturated rings. The van der Waals surface area contributed by atoms with Crippen LogP contribution in [-0.2, 0) is 19.3 Å². The summed E-state index contributed by atoms with van der Waals surface area (Å²) in [6.07, 6.45) is 4.23. The summed E-state index contributed by atoms with van der Waals surface area (Å²) in [5.74, 6) is 0. The molecule has 4 N–H and O–H groups in total. The largest absolute Gasteiger partial charge is 0.329 e. The Labute approximate surface area is 181 Å². The second kappa shape index (κ2) is 13.0. The highest BCUT2D eigenvalue weighted by Crippen LogP contribution is 2.06. The summed E-state index contributed by atoms with van der Waals surface area (Å²) in [7, 11) is 0. The lowest BCUT2D eigenvalue weighted by Gasteiger charge is -2.24. The van der Waals surface area contributed by atoms with Gasteiger partial charge in [0.05, 0.1) is 0 Å². The molecule has 158 valence electrons. The molecule has 30 heavy (non-hydrogen) atoms. The first-order chi connectivity index (χ1) is 14.8. The minimum atomic E-state index is 0.289. The number of rotatable bonds is 13. The number of nitrogens with two attached hydrogens (primary N) is 1. The average Bonchev–Trinajstić information content (AvgIpc) is 2.81. The molecule has 0 unspecified atom stereocenters. The fraction of sp³-hybridized carbons (Fsp3) is 0.333. The fourth-order valence-electron chi connectivity index (χ4n) is 3.80. The first kappa shape index (κ1) is 22.2. The number of hydrogen-bond acceptors (Lipinski definition) is 3. The highest BCUT2D eigenvalue weighted by molar-refractivity contribution is 5.17. The van der Waals surface area contributed by atoms with E-state index in [9.17, 15) is 0 Å². The summed E-state index contributed by atoms with van der Waals surface area (Å²) in [5, 5.41) is 7.49. The zero-order chi connectivity index (χ0) is 20.9. The van der Waals surface area contributed by atoms with Crippen molar-refractivity contribution in [1.29, 1.82) is 0 Å². The third-order valence-electron chi connectivity index (χ3n) is 5.51. The molecular weight excluding hydrogens is 366 g/mol. The molecule has 0 aromatic heterocycles. The molecule has 3 heteroatoms. The molecule has 0 aliphatic heterocycles. The number of nitrogens with one attached hydrogen (secondary N) is 2. The topological polar surface area (TPSA) is 50.1 Å². The van der Waals surface area contributed by atoms with E-state index in [1.807, 2.05) is 0 Å². The smallest absolute Gasteiger partial charge is 0.0232 e. The van der Waals surface area contributed by atoms with Gasteiger partial charge in [-0.1, -0.05) is 91.0 Å². The SMILES string of the molecule is NC[C@H](Cc1ccccc1)NC[C@H](Cc1ccccc1)NCCCc1ccccc1. The van der Waals surface area contributed by atoms with E-state index in [4.69, 9.17) is 5.73 Å². The fourth-order valence-corrected chi connectivity index (χ4v) is 3.80. The molecule has 0 heterocycles. The predicted molar refractivity (Wildman–Crippen MR) is 128 cm³/mol. The number of hydrogen-bond donors (Lipinski definition) is 3. The maximum Gasteiger partial charge on any atom is 0.0232 e. The Morgan fingerprint density at radius 1 is 0.600 bits per heavy atom. The summed E-state index contributed by atoms with van der Waals surface area (Å²) < 4.78 is 0. The van der Waals surface area contributed by atoms with Gasteiger partial charge in [-0.2, -0.15) is 0 Å². The Balaban J connectivity index is 1.50. The van der Waals surface area contributed by atoms with Crippen molar-refractivity contribution in [2.45, 2.75) is 37.8 Å². The van der Waals surface area contributed by atoms with Crippen LogP contribution in [0.25, 0.3) is 0 Å². The Morgan fingerprint density at radius 3 is 1.63 bits per heavy atom. The van der Waals surface area contributed by atoms with E-state index < -0.39 is 0 Å². The van der Waals surface area contributed by atoms with Gasteiger partial charge < -0.3 is 16.4 Å². The minimum absolute atomic E-state index is 0.289. The van der Waals surface area contributed by atoms with Crippen LogP contribution in [0, 0.1) is 0 Å². The third kappa shape index (κ3) is 8.11. The molecule has 0 aliphatic carbocycles. The highest BCUT2D eigenvalue weighted by atomic mass is 15.0. The summed E-state index contributed by atoms with van der Waals surface area (Å²) in [6.45, 7) is 2.57. The second-order valence-electron chi connectivity index (χ2n) is 7.96. The van der Waals surface area contributed by atoms with Crippen LogP contribution in [-0.4, -0.2) is 31.7 Å². The van der Waals surface area contributed by atoms with Gasteiger partial charge >= 0.3 is 0 Å².